The predicted molar refractivity (Wildman–Crippen MR) is 230 cm³/mol. The van der Waals surface area contributed by atoms with Crippen LogP contribution >= 0.6 is 0 Å². The summed E-state index contributed by atoms with van der Waals surface area (Å²) in [6.07, 6.45) is 0. The van der Waals surface area contributed by atoms with Gasteiger partial charge in [0.1, 0.15) is 0 Å². The predicted octanol–water partition coefficient (Wildman–Crippen LogP) is 12.7. The molecule has 56 heavy (non-hydrogen) atoms. The number of hydrogen-bond acceptors (Lipinski definition) is 3. The molecule has 0 fully saturated rings. The first kappa shape index (κ1) is 17.2. The summed E-state index contributed by atoms with van der Waals surface area (Å²) in [6, 6.07) is 5.92. The van der Waals surface area contributed by atoms with Gasteiger partial charge >= 0.3 is 0 Å². The summed E-state index contributed by atoms with van der Waals surface area (Å²) >= 11 is 0. The fourth-order valence-electron chi connectivity index (χ4n) is 6.95. The standard InChI is InChI=1S/C51H33N5/c1-4-14-34(15-5-1)36-24-26-39(27-25-36)50-52-49(38-18-8-3-9-19-38)53-51(54-50)56-46-23-13-11-21-42(46)44-33-32-43-41-20-10-12-22-45(41)55(47(43)48(44)56)40-30-28-37(29-31-40)35-16-6-2-7-17-35/h1-33H/i1D,2D,3D,4D,5D,6D,7D,8D,9D,14D,16D,17D,18D,19D,24D,25D,26D,27D,28D,29D,30D. The van der Waals surface area contributed by atoms with Crippen LogP contribution in [-0.4, -0.2) is 24.1 Å². The van der Waals surface area contributed by atoms with Gasteiger partial charge in [0.05, 0.1) is 50.9 Å². The van der Waals surface area contributed by atoms with Crippen molar-refractivity contribution in [2.45, 2.75) is 0 Å². The van der Waals surface area contributed by atoms with Crippen molar-refractivity contribution in [2.24, 2.45) is 0 Å². The largest absolute Gasteiger partial charge is 0.307 e. The van der Waals surface area contributed by atoms with E-state index in [0.717, 1.165) is 6.07 Å². The number of hydrogen-bond donors (Lipinski definition) is 0. The molecule has 0 amide bonds. The number of aromatic nitrogens is 5. The van der Waals surface area contributed by atoms with Gasteiger partial charge in [-0.2, -0.15) is 9.97 Å². The molecule has 0 spiro atoms. The first-order chi connectivity index (χ1) is 36.5. The summed E-state index contributed by atoms with van der Waals surface area (Å²) in [7, 11) is 0. The Morgan fingerprint density at radius 1 is 0.339 bits per heavy atom. The van der Waals surface area contributed by atoms with Gasteiger partial charge in [0, 0.05) is 38.4 Å². The van der Waals surface area contributed by atoms with Crippen molar-refractivity contribution >= 4 is 43.6 Å². The van der Waals surface area contributed by atoms with Crippen molar-refractivity contribution < 1.29 is 28.8 Å². The van der Waals surface area contributed by atoms with Gasteiger partial charge in [0.15, 0.2) is 11.6 Å². The Hall–Kier alpha value is -7.63. The summed E-state index contributed by atoms with van der Waals surface area (Å²) in [5, 5.41) is 2.29. The minimum Gasteiger partial charge on any atom is -0.307 e. The van der Waals surface area contributed by atoms with E-state index in [0.29, 0.717) is 43.6 Å². The third-order valence-corrected chi connectivity index (χ3v) is 9.34. The van der Waals surface area contributed by atoms with E-state index >= 15 is 0 Å². The first-order valence-electron chi connectivity index (χ1n) is 27.7. The van der Waals surface area contributed by atoms with Gasteiger partial charge in [-0.15, -0.1) is 0 Å². The van der Waals surface area contributed by atoms with Crippen LogP contribution in [0.3, 0.4) is 0 Å². The Labute approximate surface area is 353 Å². The van der Waals surface area contributed by atoms with Crippen LogP contribution < -0.4 is 0 Å². The van der Waals surface area contributed by atoms with Crippen LogP contribution in [0.4, 0.5) is 0 Å². The third-order valence-electron chi connectivity index (χ3n) is 9.34. The Bertz CT molecular complexity index is 4410. The molecule has 3 aromatic heterocycles. The van der Waals surface area contributed by atoms with Gasteiger partial charge in [-0.3, -0.25) is 4.57 Å². The second-order valence-corrected chi connectivity index (χ2v) is 12.5. The highest BCUT2D eigenvalue weighted by molar-refractivity contribution is 6.23. The minimum absolute atomic E-state index is 0.0326. The summed E-state index contributed by atoms with van der Waals surface area (Å²) in [4.78, 5) is 14.1. The fraction of sp³-hybridized carbons (Fsp3) is 0. The van der Waals surface area contributed by atoms with Crippen LogP contribution in [-0.2, 0) is 0 Å². The van der Waals surface area contributed by atoms with Crippen molar-refractivity contribution in [3.05, 3.63) is 200 Å². The van der Waals surface area contributed by atoms with Crippen LogP contribution in [0.2, 0.25) is 0 Å². The van der Waals surface area contributed by atoms with Crippen LogP contribution in [0.25, 0.3) is 100 Å². The highest BCUT2D eigenvalue weighted by Crippen LogP contribution is 2.42. The van der Waals surface area contributed by atoms with Gasteiger partial charge in [-0.1, -0.05) is 175 Å². The molecule has 0 radical (unpaired) electrons. The average molecular weight is 737 g/mol. The second kappa shape index (κ2) is 13.0. The molecule has 8 aromatic carbocycles. The van der Waals surface area contributed by atoms with Crippen molar-refractivity contribution in [3.8, 4) is 56.7 Å². The molecule has 11 aromatic rings. The molecule has 5 heteroatoms. The molecule has 0 saturated carbocycles. The molecule has 0 unspecified atom stereocenters. The van der Waals surface area contributed by atoms with E-state index in [4.69, 9.17) is 29.2 Å². The molecule has 0 aliphatic carbocycles. The molecular formula is C51H33N5. The maximum Gasteiger partial charge on any atom is 0.238 e. The molecule has 11 rings (SSSR count). The smallest absolute Gasteiger partial charge is 0.238 e. The molecular weight excluding hydrogens is 683 g/mol. The lowest BCUT2D eigenvalue weighted by Gasteiger charge is -2.14. The van der Waals surface area contributed by atoms with Crippen LogP contribution in [0.5, 0.6) is 0 Å². The van der Waals surface area contributed by atoms with Crippen molar-refractivity contribution in [2.75, 3.05) is 0 Å². The molecule has 0 saturated heterocycles. The second-order valence-electron chi connectivity index (χ2n) is 12.5. The minimum atomic E-state index is -0.769. The van der Waals surface area contributed by atoms with Gasteiger partial charge in [0.2, 0.25) is 5.95 Å². The van der Waals surface area contributed by atoms with Crippen molar-refractivity contribution in [1.82, 2.24) is 24.1 Å². The fourth-order valence-corrected chi connectivity index (χ4v) is 6.95. The Morgan fingerprint density at radius 3 is 1.50 bits per heavy atom. The third kappa shape index (κ3) is 5.21. The van der Waals surface area contributed by atoms with Gasteiger partial charge in [-0.25, -0.2) is 4.98 Å². The van der Waals surface area contributed by atoms with E-state index in [9.17, 15) is 9.60 Å². The topological polar surface area (TPSA) is 48.5 Å². The van der Waals surface area contributed by atoms with Crippen molar-refractivity contribution in [1.29, 1.82) is 0 Å². The molecule has 262 valence electrons. The number of fused-ring (bicyclic) bond motifs is 7. The summed E-state index contributed by atoms with van der Waals surface area (Å²) < 4.78 is 187. The average Bonchev–Trinajstić information content (AvgIpc) is 4.05. The quantitative estimate of drug-likeness (QED) is 0.171. The zero-order valence-electron chi connectivity index (χ0n) is 49.7. The van der Waals surface area contributed by atoms with E-state index in [1.54, 1.807) is 51.6 Å². The van der Waals surface area contributed by atoms with E-state index < -0.39 is 161 Å². The normalized spacial score (nSPS) is 16.8. The lowest BCUT2D eigenvalue weighted by Crippen LogP contribution is -2.07. The number of rotatable bonds is 6. The number of para-hydroxylation sites is 2. The van der Waals surface area contributed by atoms with Crippen LogP contribution in [0.1, 0.15) is 28.8 Å². The Morgan fingerprint density at radius 2 is 0.821 bits per heavy atom. The van der Waals surface area contributed by atoms with Crippen LogP contribution in [0.15, 0.2) is 200 Å². The van der Waals surface area contributed by atoms with Gasteiger partial charge in [-0.05, 0) is 46.5 Å². The SMILES string of the molecule is [2H]c1cc(-c2c([2H])c([2H])c(-c3nc(-c4c([2H])c([2H])c([2H])c([2H])c4[2H])nc(-n4c5ccccc5c5ccc6c7ccccc7n(-c7cc([2H])c(-c8c([2H])c([2H])c([2H])c([2H])c8[2H])c([2H])c7[2H])c6c54)n3)c([2H])c2[2H])c([2H])c([2H])c1[2H]. The first-order valence-corrected chi connectivity index (χ1v) is 17.2. The molecule has 0 aliphatic heterocycles. The van der Waals surface area contributed by atoms with Gasteiger partial charge < -0.3 is 4.57 Å². The molecule has 0 atom stereocenters. The molecule has 0 bridgehead atoms. The zero-order valence-corrected chi connectivity index (χ0v) is 28.7. The maximum absolute atomic E-state index is 9.59. The van der Waals surface area contributed by atoms with Crippen molar-refractivity contribution in [3.63, 3.8) is 0 Å². The highest BCUT2D eigenvalue weighted by Gasteiger charge is 2.23. The molecule has 0 aliphatic rings. The van der Waals surface area contributed by atoms with E-state index in [1.165, 1.54) is 6.07 Å². The Balaban J connectivity index is 1.28. The maximum atomic E-state index is 9.59. The Kier molecular flexibility index (Phi) is 4.01. The number of nitrogens with zero attached hydrogens (tertiary/aromatic N) is 5. The molecule has 3 heterocycles. The van der Waals surface area contributed by atoms with E-state index in [1.807, 2.05) is 18.2 Å². The zero-order chi connectivity index (χ0) is 55.3. The molecule has 5 nitrogen and oxygen atoms in total. The monoisotopic (exact) mass is 736 g/mol. The lowest BCUT2D eigenvalue weighted by molar-refractivity contribution is 0.953. The highest BCUT2D eigenvalue weighted by atomic mass is 15.2. The van der Waals surface area contributed by atoms with Crippen LogP contribution in [0, 0.1) is 0 Å². The van der Waals surface area contributed by atoms with E-state index in [2.05, 4.69) is 4.98 Å². The summed E-state index contributed by atoms with van der Waals surface area (Å²) in [5.41, 5.74) is -1.20. The van der Waals surface area contributed by atoms with E-state index in [-0.39, 0.29) is 22.8 Å². The molecule has 0 N–H and O–H groups in total. The van der Waals surface area contributed by atoms with Gasteiger partial charge in [0.25, 0.3) is 0 Å². The number of benzene rings is 8. The lowest BCUT2D eigenvalue weighted by atomic mass is 10.0. The summed E-state index contributed by atoms with van der Waals surface area (Å²) in [5.74, 6) is -1.45. The summed E-state index contributed by atoms with van der Waals surface area (Å²) in [6.45, 7) is 0.